The Morgan fingerprint density at radius 3 is 2.50 bits per heavy atom. The highest BCUT2D eigenvalue weighted by Crippen LogP contribution is 2.41. The SMILES string of the molecule is CCc1nn(CC)c(CC2(C(=O)O)CCCCC2)c1Cl. The monoisotopic (exact) mass is 298 g/mol. The first-order valence-corrected chi connectivity index (χ1v) is 7.89. The zero-order valence-corrected chi connectivity index (χ0v) is 13.0. The maximum Gasteiger partial charge on any atom is 0.310 e. The van der Waals surface area contributed by atoms with Crippen LogP contribution in [0.15, 0.2) is 0 Å². The smallest absolute Gasteiger partial charge is 0.310 e. The molecule has 2 rings (SSSR count). The average Bonchev–Trinajstić information content (AvgIpc) is 2.76. The van der Waals surface area contributed by atoms with Gasteiger partial charge in [0.25, 0.3) is 0 Å². The Morgan fingerprint density at radius 2 is 2.00 bits per heavy atom. The Labute approximate surface area is 125 Å². The largest absolute Gasteiger partial charge is 0.481 e. The Balaban J connectivity index is 2.35. The third-order valence-corrected chi connectivity index (χ3v) is 4.90. The summed E-state index contributed by atoms with van der Waals surface area (Å²) in [5.74, 6) is -0.685. The molecule has 0 aromatic carbocycles. The standard InChI is InChI=1S/C15H23ClN2O2/c1-3-11-13(16)12(18(4-2)17-11)10-15(14(19)20)8-6-5-7-9-15/h3-10H2,1-2H3,(H,19,20). The summed E-state index contributed by atoms with van der Waals surface area (Å²) in [4.78, 5) is 11.8. The van der Waals surface area contributed by atoms with Gasteiger partial charge >= 0.3 is 5.97 Å². The molecular formula is C15H23ClN2O2. The van der Waals surface area contributed by atoms with Crippen molar-refractivity contribution in [2.24, 2.45) is 5.41 Å². The van der Waals surface area contributed by atoms with Crippen molar-refractivity contribution < 1.29 is 9.90 Å². The van der Waals surface area contributed by atoms with E-state index in [0.29, 0.717) is 11.4 Å². The molecule has 0 unspecified atom stereocenters. The first-order valence-electron chi connectivity index (χ1n) is 7.51. The molecule has 1 fully saturated rings. The Hall–Kier alpha value is -1.03. The summed E-state index contributed by atoms with van der Waals surface area (Å²) in [6.07, 6.45) is 5.89. The third kappa shape index (κ3) is 2.71. The fourth-order valence-corrected chi connectivity index (χ4v) is 3.54. The van der Waals surface area contributed by atoms with Gasteiger partial charge in [-0.05, 0) is 26.2 Å². The highest BCUT2D eigenvalue weighted by atomic mass is 35.5. The van der Waals surface area contributed by atoms with Crippen LogP contribution in [0.4, 0.5) is 0 Å². The Bertz CT molecular complexity index is 490. The lowest BCUT2D eigenvalue weighted by Gasteiger charge is -2.33. The van der Waals surface area contributed by atoms with Gasteiger partial charge in [0.15, 0.2) is 0 Å². The van der Waals surface area contributed by atoms with Crippen molar-refractivity contribution in [2.75, 3.05) is 0 Å². The van der Waals surface area contributed by atoms with Crippen molar-refractivity contribution in [3.05, 3.63) is 16.4 Å². The summed E-state index contributed by atoms with van der Waals surface area (Å²) in [5.41, 5.74) is 1.12. The summed E-state index contributed by atoms with van der Waals surface area (Å²) in [5, 5.41) is 14.9. The second-order valence-electron chi connectivity index (χ2n) is 5.70. The van der Waals surface area contributed by atoms with E-state index >= 15 is 0 Å². The van der Waals surface area contributed by atoms with Crippen molar-refractivity contribution in [3.63, 3.8) is 0 Å². The topological polar surface area (TPSA) is 55.1 Å². The van der Waals surface area contributed by atoms with Gasteiger partial charge in [-0.25, -0.2) is 0 Å². The summed E-state index contributed by atoms with van der Waals surface area (Å²) in [6, 6.07) is 0. The number of aryl methyl sites for hydroxylation is 2. The zero-order chi connectivity index (χ0) is 14.8. The number of hydrogen-bond acceptors (Lipinski definition) is 2. The predicted octanol–water partition coefficient (Wildman–Crippen LogP) is 3.70. The van der Waals surface area contributed by atoms with Crippen LogP contribution in [0.3, 0.4) is 0 Å². The van der Waals surface area contributed by atoms with Crippen molar-refractivity contribution >= 4 is 17.6 Å². The normalized spacial score (nSPS) is 18.1. The van der Waals surface area contributed by atoms with E-state index in [-0.39, 0.29) is 0 Å². The minimum Gasteiger partial charge on any atom is -0.481 e. The molecule has 5 heteroatoms. The van der Waals surface area contributed by atoms with Crippen LogP contribution in [-0.2, 0) is 24.2 Å². The Morgan fingerprint density at radius 1 is 1.35 bits per heavy atom. The van der Waals surface area contributed by atoms with E-state index in [1.807, 2.05) is 18.5 Å². The molecule has 1 aliphatic carbocycles. The summed E-state index contributed by atoms with van der Waals surface area (Å²) in [7, 11) is 0. The van der Waals surface area contributed by atoms with Crippen molar-refractivity contribution in [1.29, 1.82) is 0 Å². The molecule has 0 atom stereocenters. The zero-order valence-electron chi connectivity index (χ0n) is 12.3. The highest BCUT2D eigenvalue weighted by molar-refractivity contribution is 6.31. The molecule has 4 nitrogen and oxygen atoms in total. The molecule has 1 saturated carbocycles. The predicted molar refractivity (Wildman–Crippen MR) is 79.1 cm³/mol. The van der Waals surface area contributed by atoms with Gasteiger partial charge in [-0.2, -0.15) is 5.10 Å². The molecule has 112 valence electrons. The fraction of sp³-hybridized carbons (Fsp3) is 0.733. The number of rotatable bonds is 5. The first kappa shape index (κ1) is 15.4. The van der Waals surface area contributed by atoms with Gasteiger partial charge in [-0.15, -0.1) is 0 Å². The number of aromatic nitrogens is 2. The summed E-state index contributed by atoms with van der Waals surface area (Å²) in [6.45, 7) is 4.76. The molecular weight excluding hydrogens is 276 g/mol. The second kappa shape index (κ2) is 6.17. The van der Waals surface area contributed by atoms with Crippen LogP contribution < -0.4 is 0 Å². The quantitative estimate of drug-likeness (QED) is 0.902. The van der Waals surface area contributed by atoms with Crippen molar-refractivity contribution in [1.82, 2.24) is 9.78 Å². The van der Waals surface area contributed by atoms with Gasteiger partial charge in [-0.1, -0.05) is 37.8 Å². The number of carboxylic acids is 1. The van der Waals surface area contributed by atoms with Crippen LogP contribution in [-0.4, -0.2) is 20.9 Å². The van der Waals surface area contributed by atoms with Crippen LogP contribution in [0.1, 0.15) is 57.3 Å². The molecule has 1 heterocycles. The molecule has 0 aliphatic heterocycles. The van der Waals surface area contributed by atoms with Crippen molar-refractivity contribution in [3.8, 4) is 0 Å². The summed E-state index contributed by atoms with van der Waals surface area (Å²) >= 11 is 6.42. The molecule has 0 bridgehead atoms. The van der Waals surface area contributed by atoms with E-state index in [9.17, 15) is 9.90 Å². The molecule has 1 N–H and O–H groups in total. The first-order chi connectivity index (χ1) is 9.54. The van der Waals surface area contributed by atoms with Gasteiger partial charge < -0.3 is 5.11 Å². The number of carbonyl (C=O) groups is 1. The number of hydrogen-bond donors (Lipinski definition) is 1. The van der Waals surface area contributed by atoms with Gasteiger partial charge in [0.05, 0.1) is 21.8 Å². The molecule has 20 heavy (non-hydrogen) atoms. The number of aliphatic carboxylic acids is 1. The average molecular weight is 299 g/mol. The van der Waals surface area contributed by atoms with E-state index in [1.165, 1.54) is 0 Å². The number of halogens is 1. The van der Waals surface area contributed by atoms with Crippen LogP contribution in [0.25, 0.3) is 0 Å². The van der Waals surface area contributed by atoms with Crippen LogP contribution >= 0.6 is 11.6 Å². The van der Waals surface area contributed by atoms with Crippen molar-refractivity contribution in [2.45, 2.75) is 65.3 Å². The summed E-state index contributed by atoms with van der Waals surface area (Å²) < 4.78 is 1.88. The van der Waals surface area contributed by atoms with E-state index in [2.05, 4.69) is 5.10 Å². The lowest BCUT2D eigenvalue weighted by molar-refractivity contribution is -0.151. The van der Waals surface area contributed by atoms with Gasteiger partial charge in [-0.3, -0.25) is 9.48 Å². The minimum atomic E-state index is -0.685. The van der Waals surface area contributed by atoms with Crippen LogP contribution in [0, 0.1) is 5.41 Å². The highest BCUT2D eigenvalue weighted by Gasteiger charge is 2.41. The third-order valence-electron chi connectivity index (χ3n) is 4.46. The molecule has 1 aliphatic rings. The van der Waals surface area contributed by atoms with Gasteiger partial charge in [0.1, 0.15) is 0 Å². The van der Waals surface area contributed by atoms with E-state index in [0.717, 1.165) is 56.5 Å². The maximum absolute atomic E-state index is 11.8. The van der Waals surface area contributed by atoms with E-state index < -0.39 is 11.4 Å². The minimum absolute atomic E-state index is 0.502. The van der Waals surface area contributed by atoms with Gasteiger partial charge in [0.2, 0.25) is 0 Å². The van der Waals surface area contributed by atoms with Crippen LogP contribution in [0.2, 0.25) is 5.02 Å². The van der Waals surface area contributed by atoms with Crippen LogP contribution in [0.5, 0.6) is 0 Å². The second-order valence-corrected chi connectivity index (χ2v) is 6.08. The lowest BCUT2D eigenvalue weighted by Crippen LogP contribution is -2.36. The van der Waals surface area contributed by atoms with E-state index in [1.54, 1.807) is 0 Å². The van der Waals surface area contributed by atoms with E-state index in [4.69, 9.17) is 11.6 Å². The van der Waals surface area contributed by atoms with Gasteiger partial charge in [0, 0.05) is 13.0 Å². The lowest BCUT2D eigenvalue weighted by atomic mass is 9.71. The number of nitrogens with zero attached hydrogens (tertiary/aromatic N) is 2. The maximum atomic E-state index is 11.8. The Kier molecular flexibility index (Phi) is 4.74. The number of carboxylic acid groups (broad SMARTS) is 1. The molecule has 0 saturated heterocycles. The fourth-order valence-electron chi connectivity index (χ4n) is 3.20. The molecule has 0 radical (unpaired) electrons. The molecule has 1 aromatic heterocycles. The molecule has 0 amide bonds. The molecule has 0 spiro atoms. The molecule has 1 aromatic rings.